The van der Waals surface area contributed by atoms with Crippen molar-refractivity contribution >= 4 is 23.6 Å². The molecular weight excluding hydrogens is 324 g/mol. The molecule has 1 unspecified atom stereocenters. The number of hydrogen-bond acceptors (Lipinski definition) is 5. The topological polar surface area (TPSA) is 68.3 Å². The van der Waals surface area contributed by atoms with Crippen molar-refractivity contribution in [1.82, 2.24) is 10.3 Å². The van der Waals surface area contributed by atoms with Gasteiger partial charge in [-0.25, -0.2) is 9.78 Å². The number of nitrogens with zero attached hydrogens (tertiary/aromatic N) is 1. The molecule has 0 radical (unpaired) electrons. The molecule has 1 N–H and O–H groups in total. The van der Waals surface area contributed by atoms with Gasteiger partial charge in [0, 0.05) is 17.6 Å². The summed E-state index contributed by atoms with van der Waals surface area (Å²) < 4.78 is 4.65. The fourth-order valence-corrected chi connectivity index (χ4v) is 3.09. The summed E-state index contributed by atoms with van der Waals surface area (Å²) in [5.74, 6) is -0.517. The van der Waals surface area contributed by atoms with E-state index in [1.807, 2.05) is 37.3 Å². The van der Waals surface area contributed by atoms with E-state index in [1.54, 1.807) is 23.9 Å². The lowest BCUT2D eigenvalue weighted by Crippen LogP contribution is -2.31. The van der Waals surface area contributed by atoms with Gasteiger partial charge in [0.25, 0.3) is 0 Å². The molecule has 0 saturated heterocycles. The summed E-state index contributed by atoms with van der Waals surface area (Å²) in [4.78, 5) is 28.9. The number of carbonyl (C=O) groups excluding carboxylic acids is 2. The Labute approximate surface area is 145 Å². The largest absolute Gasteiger partial charge is 0.464 e. The summed E-state index contributed by atoms with van der Waals surface area (Å²) in [5.41, 5.74) is 1.04. The standard InChI is InChI=1S/C18H20N2O3S/c1-3-16(24-14-7-5-4-6-8-14)17(21)20-12-13-9-10-19-15(11-13)18(22)23-2/h4-11,16H,3,12H2,1-2H3,(H,20,21). The van der Waals surface area contributed by atoms with Gasteiger partial charge in [0.05, 0.1) is 12.4 Å². The number of pyridine rings is 1. The molecule has 1 amide bonds. The predicted octanol–water partition coefficient (Wildman–Crippen LogP) is 3.06. The number of hydrogen-bond donors (Lipinski definition) is 1. The molecule has 0 bridgehead atoms. The quantitative estimate of drug-likeness (QED) is 0.617. The van der Waals surface area contributed by atoms with Crippen molar-refractivity contribution in [2.24, 2.45) is 0 Å². The van der Waals surface area contributed by atoms with Gasteiger partial charge in [-0.1, -0.05) is 25.1 Å². The van der Waals surface area contributed by atoms with Crippen molar-refractivity contribution in [2.75, 3.05) is 7.11 Å². The van der Waals surface area contributed by atoms with Crippen LogP contribution in [0, 0.1) is 0 Å². The van der Waals surface area contributed by atoms with Crippen LogP contribution in [0.3, 0.4) is 0 Å². The van der Waals surface area contributed by atoms with Crippen molar-refractivity contribution in [3.63, 3.8) is 0 Å². The average molecular weight is 344 g/mol. The molecule has 0 aliphatic rings. The van der Waals surface area contributed by atoms with Crippen molar-refractivity contribution in [1.29, 1.82) is 0 Å². The normalized spacial score (nSPS) is 11.6. The van der Waals surface area contributed by atoms with Crippen LogP contribution in [0.25, 0.3) is 0 Å². The number of methoxy groups -OCH3 is 1. The molecule has 2 rings (SSSR count). The number of esters is 1. The van der Waals surface area contributed by atoms with Crippen LogP contribution >= 0.6 is 11.8 Å². The second-order valence-corrected chi connectivity index (χ2v) is 6.36. The Balaban J connectivity index is 1.95. The first-order valence-corrected chi connectivity index (χ1v) is 8.54. The summed E-state index contributed by atoms with van der Waals surface area (Å²) in [6, 6.07) is 13.2. The Bertz CT molecular complexity index is 692. The predicted molar refractivity (Wildman–Crippen MR) is 93.8 cm³/mol. The van der Waals surface area contributed by atoms with Crippen LogP contribution in [0.1, 0.15) is 29.4 Å². The number of aromatic nitrogens is 1. The van der Waals surface area contributed by atoms with E-state index in [9.17, 15) is 9.59 Å². The third-order valence-electron chi connectivity index (χ3n) is 3.37. The highest BCUT2D eigenvalue weighted by Gasteiger charge is 2.17. The van der Waals surface area contributed by atoms with Gasteiger partial charge in [-0.05, 0) is 36.2 Å². The van der Waals surface area contributed by atoms with Crippen LogP contribution in [0.4, 0.5) is 0 Å². The maximum atomic E-state index is 12.4. The minimum atomic E-state index is -0.491. The minimum absolute atomic E-state index is 0.0252. The summed E-state index contributed by atoms with van der Waals surface area (Å²) in [5, 5.41) is 2.76. The Morgan fingerprint density at radius 2 is 2.00 bits per heavy atom. The zero-order chi connectivity index (χ0) is 17.4. The van der Waals surface area contributed by atoms with Gasteiger partial charge >= 0.3 is 5.97 Å². The van der Waals surface area contributed by atoms with Crippen molar-refractivity contribution < 1.29 is 14.3 Å². The molecule has 1 atom stereocenters. The molecule has 2 aromatic rings. The van der Waals surface area contributed by atoms with Crippen LogP contribution in [0.5, 0.6) is 0 Å². The van der Waals surface area contributed by atoms with Crippen LogP contribution in [0.15, 0.2) is 53.6 Å². The zero-order valence-corrected chi connectivity index (χ0v) is 14.5. The first kappa shape index (κ1) is 18.0. The van der Waals surface area contributed by atoms with E-state index in [-0.39, 0.29) is 16.9 Å². The molecular formula is C18H20N2O3S. The van der Waals surface area contributed by atoms with Gasteiger partial charge in [-0.15, -0.1) is 11.8 Å². The smallest absolute Gasteiger partial charge is 0.356 e. The van der Waals surface area contributed by atoms with Crippen molar-refractivity contribution in [2.45, 2.75) is 30.0 Å². The van der Waals surface area contributed by atoms with Crippen LogP contribution in [-0.4, -0.2) is 29.2 Å². The summed E-state index contributed by atoms with van der Waals surface area (Å²) in [6.07, 6.45) is 2.26. The maximum absolute atomic E-state index is 12.4. The number of nitrogens with one attached hydrogen (secondary N) is 1. The molecule has 5 nitrogen and oxygen atoms in total. The van der Waals surface area contributed by atoms with E-state index in [1.165, 1.54) is 13.3 Å². The van der Waals surface area contributed by atoms with Gasteiger partial charge in [0.15, 0.2) is 0 Å². The van der Waals surface area contributed by atoms with Crippen LogP contribution < -0.4 is 5.32 Å². The number of ether oxygens (including phenoxy) is 1. The highest BCUT2D eigenvalue weighted by Crippen LogP contribution is 2.25. The van der Waals surface area contributed by atoms with E-state index in [0.29, 0.717) is 6.54 Å². The Hall–Kier alpha value is -2.34. The third-order valence-corrected chi connectivity index (χ3v) is 4.75. The molecule has 1 aromatic carbocycles. The van der Waals surface area contributed by atoms with Gasteiger partial charge in [-0.3, -0.25) is 4.79 Å². The zero-order valence-electron chi connectivity index (χ0n) is 13.7. The summed E-state index contributed by atoms with van der Waals surface area (Å²) in [6.45, 7) is 2.33. The molecule has 0 spiro atoms. The average Bonchev–Trinajstić information content (AvgIpc) is 2.64. The summed E-state index contributed by atoms with van der Waals surface area (Å²) >= 11 is 1.55. The van der Waals surface area contributed by atoms with E-state index in [4.69, 9.17) is 0 Å². The SMILES string of the molecule is CCC(Sc1ccccc1)C(=O)NCc1ccnc(C(=O)OC)c1. The molecule has 6 heteroatoms. The van der Waals surface area contributed by atoms with Crippen molar-refractivity contribution in [3.8, 4) is 0 Å². The van der Waals surface area contributed by atoms with Crippen molar-refractivity contribution in [3.05, 3.63) is 59.9 Å². The molecule has 0 aliphatic heterocycles. The van der Waals surface area contributed by atoms with E-state index in [0.717, 1.165) is 16.9 Å². The number of rotatable bonds is 7. The number of amides is 1. The lowest BCUT2D eigenvalue weighted by Gasteiger charge is -2.15. The molecule has 1 heterocycles. The minimum Gasteiger partial charge on any atom is -0.464 e. The van der Waals surface area contributed by atoms with E-state index >= 15 is 0 Å². The highest BCUT2D eigenvalue weighted by molar-refractivity contribution is 8.00. The molecule has 24 heavy (non-hydrogen) atoms. The second-order valence-electron chi connectivity index (χ2n) is 5.09. The van der Waals surface area contributed by atoms with Gasteiger partial charge in [-0.2, -0.15) is 0 Å². The third kappa shape index (κ3) is 5.09. The van der Waals surface area contributed by atoms with E-state index < -0.39 is 5.97 Å². The second kappa shape index (κ2) is 9.08. The molecule has 0 aliphatic carbocycles. The summed E-state index contributed by atoms with van der Waals surface area (Å²) in [7, 11) is 1.31. The number of thioether (sulfide) groups is 1. The monoisotopic (exact) mass is 344 g/mol. The molecule has 0 fully saturated rings. The molecule has 0 saturated carbocycles. The number of carbonyl (C=O) groups is 2. The Morgan fingerprint density at radius 1 is 1.25 bits per heavy atom. The fourth-order valence-electron chi connectivity index (χ4n) is 2.09. The van der Waals surface area contributed by atoms with Crippen LogP contribution in [0.2, 0.25) is 0 Å². The van der Waals surface area contributed by atoms with Gasteiger partial charge in [0.1, 0.15) is 5.69 Å². The van der Waals surface area contributed by atoms with Gasteiger partial charge < -0.3 is 10.1 Å². The Kier molecular flexibility index (Phi) is 6.81. The Morgan fingerprint density at radius 3 is 2.67 bits per heavy atom. The first-order chi connectivity index (χ1) is 11.6. The molecule has 1 aromatic heterocycles. The first-order valence-electron chi connectivity index (χ1n) is 7.66. The van der Waals surface area contributed by atoms with E-state index in [2.05, 4.69) is 15.0 Å². The molecule has 126 valence electrons. The lowest BCUT2D eigenvalue weighted by molar-refractivity contribution is -0.120. The van der Waals surface area contributed by atoms with Gasteiger partial charge in [0.2, 0.25) is 5.91 Å². The fraction of sp³-hybridized carbons (Fsp3) is 0.278. The number of benzene rings is 1. The maximum Gasteiger partial charge on any atom is 0.356 e. The van der Waals surface area contributed by atoms with Crippen LogP contribution in [-0.2, 0) is 16.1 Å². The lowest BCUT2D eigenvalue weighted by atomic mass is 10.2. The highest BCUT2D eigenvalue weighted by atomic mass is 32.2.